The minimum absolute atomic E-state index is 0.104. The predicted octanol–water partition coefficient (Wildman–Crippen LogP) is 0.473. The van der Waals surface area contributed by atoms with E-state index in [4.69, 9.17) is 24.8 Å². The highest BCUT2D eigenvalue weighted by molar-refractivity contribution is 5.44. The fourth-order valence-electron chi connectivity index (χ4n) is 1.74. The van der Waals surface area contributed by atoms with E-state index >= 15 is 0 Å². The van der Waals surface area contributed by atoms with E-state index < -0.39 is 0 Å². The Morgan fingerprint density at radius 2 is 2.00 bits per heavy atom. The average molecular weight is 291 g/mol. The van der Waals surface area contributed by atoms with E-state index in [0.717, 1.165) is 11.3 Å². The van der Waals surface area contributed by atoms with Crippen LogP contribution in [0.25, 0.3) is 0 Å². The maximum Gasteiger partial charge on any atom is 0.324 e. The highest BCUT2D eigenvalue weighted by Crippen LogP contribution is 2.32. The van der Waals surface area contributed by atoms with Crippen molar-refractivity contribution in [2.24, 2.45) is 5.84 Å². The van der Waals surface area contributed by atoms with Crippen molar-refractivity contribution in [3.05, 3.63) is 23.8 Å². The summed E-state index contributed by atoms with van der Waals surface area (Å²) in [5, 5.41) is 0. The molecular weight excluding hydrogens is 278 g/mol. The van der Waals surface area contributed by atoms with Gasteiger partial charge in [-0.15, -0.1) is 4.98 Å². The molecule has 9 heteroatoms. The zero-order chi connectivity index (χ0) is 14.7. The van der Waals surface area contributed by atoms with Gasteiger partial charge in [-0.2, -0.15) is 9.97 Å². The lowest BCUT2D eigenvalue weighted by molar-refractivity contribution is 0.174. The molecule has 3 rings (SSSR count). The summed E-state index contributed by atoms with van der Waals surface area (Å²) in [5.74, 6) is 6.83. The van der Waals surface area contributed by atoms with Gasteiger partial charge < -0.3 is 18.9 Å². The summed E-state index contributed by atoms with van der Waals surface area (Å²) < 4.78 is 21.0. The molecule has 0 unspecified atom stereocenters. The largest absolute Gasteiger partial charge is 0.467 e. The van der Waals surface area contributed by atoms with Gasteiger partial charge in [0.15, 0.2) is 11.5 Å². The Hall–Kier alpha value is -2.81. The van der Waals surface area contributed by atoms with Crippen LogP contribution in [-0.4, -0.2) is 28.9 Å². The average Bonchev–Trinajstić information content (AvgIpc) is 3.00. The summed E-state index contributed by atoms with van der Waals surface area (Å²) >= 11 is 0. The lowest BCUT2D eigenvalue weighted by Gasteiger charge is -2.07. The molecule has 0 amide bonds. The third-order valence-corrected chi connectivity index (χ3v) is 2.71. The SMILES string of the molecule is COc1nc(NN)nc(OCc2ccc3c(c2)OCO3)n1. The number of ether oxygens (including phenoxy) is 4. The zero-order valence-electron chi connectivity index (χ0n) is 11.2. The van der Waals surface area contributed by atoms with Crippen LogP contribution in [-0.2, 0) is 6.61 Å². The fourth-order valence-corrected chi connectivity index (χ4v) is 1.74. The van der Waals surface area contributed by atoms with E-state index in [-0.39, 0.29) is 31.4 Å². The van der Waals surface area contributed by atoms with Crippen molar-refractivity contribution in [3.63, 3.8) is 0 Å². The van der Waals surface area contributed by atoms with Gasteiger partial charge in [-0.3, -0.25) is 5.43 Å². The maximum atomic E-state index is 5.50. The lowest BCUT2D eigenvalue weighted by Crippen LogP contribution is -2.13. The minimum atomic E-state index is 0.104. The van der Waals surface area contributed by atoms with Crippen molar-refractivity contribution in [2.45, 2.75) is 6.61 Å². The van der Waals surface area contributed by atoms with Crippen molar-refractivity contribution >= 4 is 5.95 Å². The van der Waals surface area contributed by atoms with E-state index in [1.807, 2.05) is 18.2 Å². The van der Waals surface area contributed by atoms with Crippen LogP contribution >= 0.6 is 0 Å². The molecule has 0 saturated heterocycles. The summed E-state index contributed by atoms with van der Waals surface area (Å²) in [6, 6.07) is 5.74. The number of benzene rings is 1. The Labute approximate surface area is 120 Å². The molecule has 3 N–H and O–H groups in total. The first-order chi connectivity index (χ1) is 10.3. The van der Waals surface area contributed by atoms with Gasteiger partial charge in [-0.05, 0) is 17.7 Å². The number of nitrogen functional groups attached to an aromatic ring is 1. The molecule has 2 aromatic rings. The van der Waals surface area contributed by atoms with Gasteiger partial charge in [0.2, 0.25) is 12.7 Å². The molecule has 0 saturated carbocycles. The van der Waals surface area contributed by atoms with Crippen LogP contribution in [0.5, 0.6) is 23.5 Å². The molecule has 0 atom stereocenters. The second kappa shape index (κ2) is 5.67. The van der Waals surface area contributed by atoms with Gasteiger partial charge in [0.1, 0.15) is 6.61 Å². The van der Waals surface area contributed by atoms with Crippen LogP contribution in [0.4, 0.5) is 5.95 Å². The molecule has 0 fully saturated rings. The standard InChI is InChI=1S/C12H13N5O4/c1-18-11-14-10(17-13)15-12(16-11)19-5-7-2-3-8-9(4-7)21-6-20-8/h2-4H,5-6,13H2,1H3,(H,14,15,16,17). The number of anilines is 1. The molecule has 1 aliphatic heterocycles. The number of aromatic nitrogens is 3. The summed E-state index contributed by atoms with van der Waals surface area (Å²) in [7, 11) is 1.44. The Bertz CT molecular complexity index is 629. The number of hydrogen-bond acceptors (Lipinski definition) is 9. The van der Waals surface area contributed by atoms with Gasteiger partial charge in [0, 0.05) is 0 Å². The smallest absolute Gasteiger partial charge is 0.324 e. The first-order valence-corrected chi connectivity index (χ1v) is 6.06. The molecule has 21 heavy (non-hydrogen) atoms. The van der Waals surface area contributed by atoms with Crippen LogP contribution in [0.3, 0.4) is 0 Å². The van der Waals surface area contributed by atoms with Crippen LogP contribution < -0.4 is 30.2 Å². The molecule has 0 bridgehead atoms. The molecule has 0 radical (unpaired) electrons. The molecule has 1 aliphatic rings. The van der Waals surface area contributed by atoms with Crippen LogP contribution in [0, 0.1) is 0 Å². The number of fused-ring (bicyclic) bond motifs is 1. The number of nitrogens with zero attached hydrogens (tertiary/aromatic N) is 3. The summed E-state index contributed by atoms with van der Waals surface area (Å²) in [6.07, 6.45) is 0. The third kappa shape index (κ3) is 2.87. The Morgan fingerprint density at radius 1 is 1.19 bits per heavy atom. The van der Waals surface area contributed by atoms with Gasteiger partial charge in [-0.25, -0.2) is 5.84 Å². The Balaban J connectivity index is 1.72. The summed E-state index contributed by atoms with van der Waals surface area (Å²) in [6.45, 7) is 0.490. The van der Waals surface area contributed by atoms with Gasteiger partial charge in [0.25, 0.3) is 0 Å². The van der Waals surface area contributed by atoms with Crippen molar-refractivity contribution in [1.82, 2.24) is 15.0 Å². The van der Waals surface area contributed by atoms with Crippen LogP contribution in [0.1, 0.15) is 5.56 Å². The number of hydrazine groups is 1. The number of methoxy groups -OCH3 is 1. The first-order valence-electron chi connectivity index (χ1n) is 6.06. The molecule has 9 nitrogen and oxygen atoms in total. The molecule has 0 aliphatic carbocycles. The van der Waals surface area contributed by atoms with Gasteiger partial charge in [0.05, 0.1) is 7.11 Å². The summed E-state index contributed by atoms with van der Waals surface area (Å²) in [4.78, 5) is 11.8. The topological polar surface area (TPSA) is 114 Å². The molecule has 1 aromatic carbocycles. The van der Waals surface area contributed by atoms with E-state index in [1.54, 1.807) is 0 Å². The van der Waals surface area contributed by atoms with E-state index in [0.29, 0.717) is 5.75 Å². The van der Waals surface area contributed by atoms with Gasteiger partial charge in [-0.1, -0.05) is 6.07 Å². The van der Waals surface area contributed by atoms with Gasteiger partial charge >= 0.3 is 12.0 Å². The van der Waals surface area contributed by atoms with Crippen molar-refractivity contribution < 1.29 is 18.9 Å². The molecular formula is C12H13N5O4. The summed E-state index contributed by atoms with van der Waals surface area (Å²) in [5.41, 5.74) is 3.21. The van der Waals surface area contributed by atoms with E-state index in [9.17, 15) is 0 Å². The lowest BCUT2D eigenvalue weighted by atomic mass is 10.2. The second-order valence-electron chi connectivity index (χ2n) is 4.05. The zero-order valence-corrected chi connectivity index (χ0v) is 11.2. The second-order valence-corrected chi connectivity index (χ2v) is 4.05. The number of nitrogens with one attached hydrogen (secondary N) is 1. The minimum Gasteiger partial charge on any atom is -0.467 e. The highest BCUT2D eigenvalue weighted by Gasteiger charge is 2.14. The Kier molecular flexibility index (Phi) is 3.56. The molecule has 1 aromatic heterocycles. The number of rotatable bonds is 5. The van der Waals surface area contributed by atoms with E-state index in [1.165, 1.54) is 7.11 Å². The normalized spacial score (nSPS) is 12.1. The molecule has 2 heterocycles. The maximum absolute atomic E-state index is 5.50. The van der Waals surface area contributed by atoms with Crippen molar-refractivity contribution in [1.29, 1.82) is 0 Å². The quantitative estimate of drug-likeness (QED) is 0.599. The van der Waals surface area contributed by atoms with Crippen molar-refractivity contribution in [3.8, 4) is 23.5 Å². The number of nitrogens with two attached hydrogens (primary N) is 1. The van der Waals surface area contributed by atoms with E-state index in [2.05, 4.69) is 20.4 Å². The Morgan fingerprint density at radius 3 is 2.81 bits per heavy atom. The molecule has 110 valence electrons. The fraction of sp³-hybridized carbons (Fsp3) is 0.250. The third-order valence-electron chi connectivity index (χ3n) is 2.71. The first kappa shape index (κ1) is 13.2. The van der Waals surface area contributed by atoms with Crippen LogP contribution in [0.15, 0.2) is 18.2 Å². The monoisotopic (exact) mass is 291 g/mol. The molecule has 0 spiro atoms. The highest BCUT2D eigenvalue weighted by atomic mass is 16.7. The predicted molar refractivity (Wildman–Crippen MR) is 71.1 cm³/mol. The van der Waals surface area contributed by atoms with Crippen LogP contribution in [0.2, 0.25) is 0 Å². The van der Waals surface area contributed by atoms with Crippen molar-refractivity contribution in [2.75, 3.05) is 19.3 Å². The number of hydrogen-bond donors (Lipinski definition) is 2.